The number of aliphatic hydroxyl groups excluding tert-OH is 1. The van der Waals surface area contributed by atoms with E-state index in [4.69, 9.17) is 0 Å². The summed E-state index contributed by atoms with van der Waals surface area (Å²) < 4.78 is 16.7. The van der Waals surface area contributed by atoms with Gasteiger partial charge in [0.2, 0.25) is 0 Å². The number of halogens is 1. The van der Waals surface area contributed by atoms with Gasteiger partial charge in [0.1, 0.15) is 11.5 Å². The van der Waals surface area contributed by atoms with Gasteiger partial charge in [-0.2, -0.15) is 0 Å². The SMILES string of the molecule is C[C@]12CCC(=O)C[C@@H]1CC[C@H]1[C@@H]3CC[C@@](C)(O)[C@@]3(C)C[C@@H](O)[C@@]12F. The van der Waals surface area contributed by atoms with Crippen molar-refractivity contribution in [3.8, 4) is 0 Å². The van der Waals surface area contributed by atoms with Crippen LogP contribution in [0.15, 0.2) is 0 Å². The van der Waals surface area contributed by atoms with E-state index in [2.05, 4.69) is 0 Å². The van der Waals surface area contributed by atoms with Crippen LogP contribution in [-0.4, -0.2) is 33.4 Å². The van der Waals surface area contributed by atoms with E-state index in [0.29, 0.717) is 32.1 Å². The van der Waals surface area contributed by atoms with Gasteiger partial charge < -0.3 is 10.2 Å². The average Bonchev–Trinajstić information content (AvgIpc) is 2.72. The Morgan fingerprint density at radius 2 is 1.75 bits per heavy atom. The highest BCUT2D eigenvalue weighted by Gasteiger charge is 2.73. The molecule has 0 saturated heterocycles. The van der Waals surface area contributed by atoms with E-state index in [9.17, 15) is 15.0 Å². The molecule has 8 atom stereocenters. The maximum atomic E-state index is 16.7. The molecule has 0 aromatic rings. The first-order valence-corrected chi connectivity index (χ1v) is 9.67. The van der Waals surface area contributed by atoms with Crippen molar-refractivity contribution in [1.29, 1.82) is 0 Å². The molecular weight excluding hydrogens is 307 g/mol. The molecule has 0 radical (unpaired) electrons. The minimum Gasteiger partial charge on any atom is -0.390 e. The van der Waals surface area contributed by atoms with Crippen LogP contribution in [0.25, 0.3) is 0 Å². The van der Waals surface area contributed by atoms with Gasteiger partial charge >= 0.3 is 0 Å². The summed E-state index contributed by atoms with van der Waals surface area (Å²) in [5.74, 6) is 0.227. The topological polar surface area (TPSA) is 57.5 Å². The molecule has 4 aliphatic rings. The number of ketones is 1. The van der Waals surface area contributed by atoms with E-state index in [1.807, 2.05) is 20.8 Å². The third kappa shape index (κ3) is 1.77. The summed E-state index contributed by atoms with van der Waals surface area (Å²) >= 11 is 0. The van der Waals surface area contributed by atoms with Gasteiger partial charge in [-0.15, -0.1) is 0 Å². The largest absolute Gasteiger partial charge is 0.390 e. The molecule has 0 bridgehead atoms. The number of carbonyl (C=O) groups is 1. The van der Waals surface area contributed by atoms with Crippen molar-refractivity contribution in [2.45, 2.75) is 89.5 Å². The number of hydrogen-bond donors (Lipinski definition) is 2. The molecule has 4 fully saturated rings. The number of alkyl halides is 1. The smallest absolute Gasteiger partial charge is 0.145 e. The van der Waals surface area contributed by atoms with Gasteiger partial charge in [-0.1, -0.05) is 13.8 Å². The number of aliphatic hydroxyl groups is 2. The second kappa shape index (κ2) is 4.82. The summed E-state index contributed by atoms with van der Waals surface area (Å²) in [6.07, 6.45) is 3.89. The normalized spacial score (nSPS) is 60.3. The maximum Gasteiger partial charge on any atom is 0.145 e. The van der Waals surface area contributed by atoms with Crippen molar-refractivity contribution in [2.24, 2.45) is 28.6 Å². The second-order valence-corrected chi connectivity index (χ2v) is 9.87. The van der Waals surface area contributed by atoms with Crippen LogP contribution in [0.3, 0.4) is 0 Å². The van der Waals surface area contributed by atoms with E-state index >= 15 is 4.39 Å². The molecule has 4 heteroatoms. The predicted molar refractivity (Wildman–Crippen MR) is 89.1 cm³/mol. The predicted octanol–water partition coefficient (Wildman–Crippen LogP) is 3.41. The molecule has 4 aliphatic carbocycles. The minimum absolute atomic E-state index is 0.0564. The molecular formula is C20H31FO3. The Morgan fingerprint density at radius 1 is 1.04 bits per heavy atom. The van der Waals surface area contributed by atoms with E-state index in [-0.39, 0.29) is 23.5 Å². The van der Waals surface area contributed by atoms with Crippen LogP contribution in [0.5, 0.6) is 0 Å². The van der Waals surface area contributed by atoms with E-state index in [1.54, 1.807) is 0 Å². The summed E-state index contributed by atoms with van der Waals surface area (Å²) in [6, 6.07) is 0. The Bertz CT molecular complexity index is 575. The number of carbonyl (C=O) groups excluding carboxylic acids is 1. The highest BCUT2D eigenvalue weighted by molar-refractivity contribution is 5.79. The second-order valence-electron chi connectivity index (χ2n) is 9.87. The third-order valence-electron chi connectivity index (χ3n) is 9.12. The van der Waals surface area contributed by atoms with Crippen molar-refractivity contribution in [1.82, 2.24) is 0 Å². The van der Waals surface area contributed by atoms with Gasteiger partial charge in [-0.25, -0.2) is 4.39 Å². The summed E-state index contributed by atoms with van der Waals surface area (Å²) in [5, 5.41) is 21.9. The van der Waals surface area contributed by atoms with Crippen LogP contribution >= 0.6 is 0 Å². The Hall–Kier alpha value is -0.480. The molecule has 4 saturated carbocycles. The van der Waals surface area contributed by atoms with E-state index < -0.39 is 28.2 Å². The lowest BCUT2D eigenvalue weighted by Gasteiger charge is -2.65. The van der Waals surface area contributed by atoms with Crippen molar-refractivity contribution in [3.63, 3.8) is 0 Å². The molecule has 0 aromatic heterocycles. The number of fused-ring (bicyclic) bond motifs is 5. The third-order valence-corrected chi connectivity index (χ3v) is 9.12. The summed E-state index contributed by atoms with van der Waals surface area (Å²) in [5.41, 5.74) is -3.49. The molecule has 0 spiro atoms. The van der Waals surface area contributed by atoms with Crippen LogP contribution in [0.2, 0.25) is 0 Å². The minimum atomic E-state index is -1.62. The van der Waals surface area contributed by atoms with Crippen LogP contribution in [-0.2, 0) is 4.79 Å². The fourth-order valence-electron chi connectivity index (χ4n) is 7.27. The fraction of sp³-hybridized carbons (Fsp3) is 0.950. The monoisotopic (exact) mass is 338 g/mol. The van der Waals surface area contributed by atoms with Gasteiger partial charge in [0.05, 0.1) is 11.7 Å². The van der Waals surface area contributed by atoms with Crippen LogP contribution in [0.1, 0.15) is 72.1 Å². The van der Waals surface area contributed by atoms with Crippen molar-refractivity contribution in [3.05, 3.63) is 0 Å². The first-order valence-electron chi connectivity index (χ1n) is 9.67. The Morgan fingerprint density at radius 3 is 2.46 bits per heavy atom. The molecule has 2 N–H and O–H groups in total. The van der Waals surface area contributed by atoms with Crippen LogP contribution in [0, 0.1) is 28.6 Å². The van der Waals surface area contributed by atoms with Gasteiger partial charge in [0.15, 0.2) is 0 Å². The summed E-state index contributed by atoms with van der Waals surface area (Å²) in [7, 11) is 0. The van der Waals surface area contributed by atoms with E-state index in [0.717, 1.165) is 19.3 Å². The molecule has 0 aliphatic heterocycles. The standard InChI is InChI=1S/C20H31FO3/c1-17-8-6-13(22)10-12(17)4-5-15-14-7-9-19(3,24)18(14,2)11-16(23)20(15,17)21/h12,14-16,23-24H,4-11H2,1-3H3/t12-,14-,15-,16+,17-,18-,19+,20-/m0/s1. The Balaban J connectivity index is 1.77. The van der Waals surface area contributed by atoms with Crippen molar-refractivity contribution < 1.29 is 19.4 Å². The Labute approximate surface area is 144 Å². The summed E-state index contributed by atoms with van der Waals surface area (Å²) in [6.45, 7) is 5.89. The molecule has 0 aromatic carbocycles. The highest BCUT2D eigenvalue weighted by Crippen LogP contribution is 2.70. The maximum absolute atomic E-state index is 16.7. The van der Waals surface area contributed by atoms with Crippen LogP contribution in [0.4, 0.5) is 4.39 Å². The molecule has 0 unspecified atom stereocenters. The molecule has 3 nitrogen and oxygen atoms in total. The van der Waals surface area contributed by atoms with E-state index in [1.165, 1.54) is 0 Å². The molecule has 136 valence electrons. The lowest BCUT2D eigenvalue weighted by Crippen LogP contribution is -2.70. The van der Waals surface area contributed by atoms with Crippen molar-refractivity contribution in [2.75, 3.05) is 0 Å². The fourth-order valence-corrected chi connectivity index (χ4v) is 7.27. The van der Waals surface area contributed by atoms with Crippen molar-refractivity contribution >= 4 is 5.78 Å². The zero-order chi connectivity index (χ0) is 17.5. The quantitative estimate of drug-likeness (QED) is 0.711. The lowest BCUT2D eigenvalue weighted by atomic mass is 9.42. The first kappa shape index (κ1) is 17.0. The molecule has 0 amide bonds. The number of hydrogen-bond acceptors (Lipinski definition) is 3. The molecule has 4 rings (SSSR count). The number of Topliss-reactive ketones (excluding diaryl/α,β-unsaturated/α-hetero) is 1. The summed E-state index contributed by atoms with van der Waals surface area (Å²) in [4.78, 5) is 11.9. The van der Waals surface area contributed by atoms with Gasteiger partial charge in [0, 0.05) is 23.7 Å². The molecule has 24 heavy (non-hydrogen) atoms. The van der Waals surface area contributed by atoms with Gasteiger partial charge in [0.25, 0.3) is 0 Å². The number of rotatable bonds is 0. The average molecular weight is 338 g/mol. The highest BCUT2D eigenvalue weighted by atomic mass is 19.1. The van der Waals surface area contributed by atoms with Crippen LogP contribution < -0.4 is 0 Å². The van der Waals surface area contributed by atoms with Gasteiger partial charge in [-0.3, -0.25) is 4.79 Å². The first-order chi connectivity index (χ1) is 11.1. The Kier molecular flexibility index (Phi) is 3.41. The zero-order valence-electron chi connectivity index (χ0n) is 15.1. The zero-order valence-corrected chi connectivity index (χ0v) is 15.1. The molecule has 0 heterocycles. The lowest BCUT2D eigenvalue weighted by molar-refractivity contribution is -0.254. The van der Waals surface area contributed by atoms with Gasteiger partial charge in [-0.05, 0) is 63.2 Å².